The van der Waals surface area contributed by atoms with E-state index in [9.17, 15) is 4.79 Å². The highest BCUT2D eigenvalue weighted by atomic mass is 79.9. The molecule has 1 aromatic carbocycles. The number of likely N-dealkylation sites (N-methyl/N-ethyl adjacent to an activating group) is 1. The summed E-state index contributed by atoms with van der Waals surface area (Å²) in [5, 5.41) is 0. The monoisotopic (exact) mass is 366 g/mol. The first kappa shape index (κ1) is 16.6. The molecule has 0 unspecified atom stereocenters. The number of nitrogens with two attached hydrogens (primary N) is 1. The minimum atomic E-state index is -0.0784. The van der Waals surface area contributed by atoms with Gasteiger partial charge in [-0.3, -0.25) is 4.79 Å². The Morgan fingerprint density at radius 3 is 2.68 bits per heavy atom. The SMILES string of the molecule is CCN(CCOc1ccc(Br)cc1)C(=O)c1coc(CN)c1. The van der Waals surface area contributed by atoms with Crippen LogP contribution >= 0.6 is 15.9 Å². The van der Waals surface area contributed by atoms with Gasteiger partial charge in [0.05, 0.1) is 18.7 Å². The molecule has 2 N–H and O–H groups in total. The molecule has 0 atom stereocenters. The Morgan fingerprint density at radius 2 is 2.09 bits per heavy atom. The van der Waals surface area contributed by atoms with E-state index in [1.165, 1.54) is 6.26 Å². The second-order valence-electron chi connectivity index (χ2n) is 4.69. The first-order chi connectivity index (χ1) is 10.6. The highest BCUT2D eigenvalue weighted by molar-refractivity contribution is 9.10. The zero-order valence-electron chi connectivity index (χ0n) is 12.4. The summed E-state index contributed by atoms with van der Waals surface area (Å²) < 4.78 is 11.9. The lowest BCUT2D eigenvalue weighted by Gasteiger charge is -2.20. The summed E-state index contributed by atoms with van der Waals surface area (Å²) in [6, 6.07) is 9.27. The molecule has 0 bridgehead atoms. The maximum atomic E-state index is 12.4. The number of rotatable bonds is 7. The number of furan rings is 1. The lowest BCUT2D eigenvalue weighted by molar-refractivity contribution is 0.0739. The van der Waals surface area contributed by atoms with Gasteiger partial charge in [-0.2, -0.15) is 0 Å². The minimum Gasteiger partial charge on any atom is -0.492 e. The number of halogens is 1. The van der Waals surface area contributed by atoms with E-state index >= 15 is 0 Å². The second-order valence-corrected chi connectivity index (χ2v) is 5.61. The van der Waals surface area contributed by atoms with Gasteiger partial charge in [0.1, 0.15) is 24.4 Å². The highest BCUT2D eigenvalue weighted by Gasteiger charge is 2.16. The van der Waals surface area contributed by atoms with Gasteiger partial charge in [0.15, 0.2) is 0 Å². The minimum absolute atomic E-state index is 0.0784. The maximum absolute atomic E-state index is 12.4. The van der Waals surface area contributed by atoms with Gasteiger partial charge in [-0.15, -0.1) is 0 Å². The van der Waals surface area contributed by atoms with Gasteiger partial charge in [0, 0.05) is 11.0 Å². The van der Waals surface area contributed by atoms with Crippen LogP contribution in [0.1, 0.15) is 23.0 Å². The quantitative estimate of drug-likeness (QED) is 0.817. The highest BCUT2D eigenvalue weighted by Crippen LogP contribution is 2.16. The zero-order chi connectivity index (χ0) is 15.9. The predicted molar refractivity (Wildman–Crippen MR) is 87.8 cm³/mol. The Balaban J connectivity index is 1.88. The number of hydrogen-bond donors (Lipinski definition) is 1. The topological polar surface area (TPSA) is 68.7 Å². The van der Waals surface area contributed by atoms with Crippen LogP contribution in [0.2, 0.25) is 0 Å². The third-order valence-electron chi connectivity index (χ3n) is 3.21. The van der Waals surface area contributed by atoms with Crippen molar-refractivity contribution >= 4 is 21.8 Å². The van der Waals surface area contributed by atoms with Crippen molar-refractivity contribution in [3.05, 3.63) is 52.4 Å². The molecule has 0 aliphatic rings. The lowest BCUT2D eigenvalue weighted by Crippen LogP contribution is -2.34. The summed E-state index contributed by atoms with van der Waals surface area (Å²) >= 11 is 3.37. The van der Waals surface area contributed by atoms with E-state index < -0.39 is 0 Å². The predicted octanol–water partition coefficient (Wildman–Crippen LogP) is 3.04. The van der Waals surface area contributed by atoms with Gasteiger partial charge in [-0.25, -0.2) is 0 Å². The van der Waals surface area contributed by atoms with Gasteiger partial charge >= 0.3 is 0 Å². The van der Waals surface area contributed by atoms with Gasteiger partial charge in [-0.1, -0.05) is 15.9 Å². The number of carbonyl (C=O) groups excluding carboxylic acids is 1. The second kappa shape index (κ2) is 8.00. The molecule has 2 rings (SSSR count). The van der Waals surface area contributed by atoms with Gasteiger partial charge < -0.3 is 19.8 Å². The average molecular weight is 367 g/mol. The van der Waals surface area contributed by atoms with Crippen molar-refractivity contribution in [2.75, 3.05) is 19.7 Å². The van der Waals surface area contributed by atoms with Crippen LogP contribution in [0.5, 0.6) is 5.75 Å². The van der Waals surface area contributed by atoms with E-state index in [-0.39, 0.29) is 12.5 Å². The summed E-state index contributed by atoms with van der Waals surface area (Å²) in [4.78, 5) is 14.1. The zero-order valence-corrected chi connectivity index (χ0v) is 14.0. The summed E-state index contributed by atoms with van der Waals surface area (Å²) in [5.74, 6) is 1.30. The first-order valence-electron chi connectivity index (χ1n) is 7.09. The Kier molecular flexibility index (Phi) is 6.03. The Bertz CT molecular complexity index is 610. The molecule has 0 fully saturated rings. The number of benzene rings is 1. The van der Waals surface area contributed by atoms with Crippen molar-refractivity contribution in [2.45, 2.75) is 13.5 Å². The van der Waals surface area contributed by atoms with Crippen LogP contribution in [0.4, 0.5) is 0 Å². The third-order valence-corrected chi connectivity index (χ3v) is 3.74. The fourth-order valence-corrected chi connectivity index (χ4v) is 2.25. The molecule has 0 saturated carbocycles. The fraction of sp³-hybridized carbons (Fsp3) is 0.312. The van der Waals surface area contributed by atoms with Crippen LogP contribution in [-0.4, -0.2) is 30.5 Å². The van der Waals surface area contributed by atoms with Crippen molar-refractivity contribution < 1.29 is 13.9 Å². The van der Waals surface area contributed by atoms with Crippen LogP contribution < -0.4 is 10.5 Å². The van der Waals surface area contributed by atoms with E-state index in [0.29, 0.717) is 31.0 Å². The van der Waals surface area contributed by atoms with Gasteiger partial charge in [0.2, 0.25) is 0 Å². The molecule has 22 heavy (non-hydrogen) atoms. The largest absolute Gasteiger partial charge is 0.492 e. The van der Waals surface area contributed by atoms with Crippen molar-refractivity contribution in [2.24, 2.45) is 5.73 Å². The molecule has 0 saturated heterocycles. The van der Waals surface area contributed by atoms with Crippen LogP contribution in [0.3, 0.4) is 0 Å². The molecule has 0 spiro atoms. The van der Waals surface area contributed by atoms with E-state index in [1.54, 1.807) is 11.0 Å². The van der Waals surface area contributed by atoms with Gasteiger partial charge in [0.25, 0.3) is 5.91 Å². The van der Waals surface area contributed by atoms with Crippen LogP contribution in [0.25, 0.3) is 0 Å². The van der Waals surface area contributed by atoms with E-state index in [1.807, 2.05) is 31.2 Å². The van der Waals surface area contributed by atoms with Crippen LogP contribution in [-0.2, 0) is 6.54 Å². The molecule has 5 nitrogen and oxygen atoms in total. The molecular weight excluding hydrogens is 348 g/mol. The number of nitrogens with zero attached hydrogens (tertiary/aromatic N) is 1. The van der Waals surface area contributed by atoms with Crippen molar-refractivity contribution in [1.82, 2.24) is 4.90 Å². The van der Waals surface area contributed by atoms with Crippen molar-refractivity contribution in [1.29, 1.82) is 0 Å². The average Bonchev–Trinajstić information content (AvgIpc) is 3.02. The summed E-state index contributed by atoms with van der Waals surface area (Å²) in [7, 11) is 0. The molecule has 1 heterocycles. The van der Waals surface area contributed by atoms with E-state index in [0.717, 1.165) is 10.2 Å². The molecule has 0 radical (unpaired) electrons. The number of ether oxygens (including phenoxy) is 1. The van der Waals surface area contributed by atoms with Crippen LogP contribution in [0, 0.1) is 0 Å². The molecule has 2 aromatic rings. The third kappa shape index (κ3) is 4.35. The van der Waals surface area contributed by atoms with E-state index in [2.05, 4.69) is 15.9 Å². The van der Waals surface area contributed by atoms with E-state index in [4.69, 9.17) is 14.9 Å². The lowest BCUT2D eigenvalue weighted by atomic mass is 10.2. The molecule has 118 valence electrons. The number of amides is 1. The first-order valence-corrected chi connectivity index (χ1v) is 7.88. The number of carbonyl (C=O) groups is 1. The normalized spacial score (nSPS) is 10.5. The standard InChI is InChI=1S/C16H19BrN2O3/c1-2-19(16(20)12-9-15(10-18)22-11-12)7-8-21-14-5-3-13(17)4-6-14/h3-6,9,11H,2,7-8,10,18H2,1H3. The smallest absolute Gasteiger partial charge is 0.257 e. The fourth-order valence-electron chi connectivity index (χ4n) is 1.99. The summed E-state index contributed by atoms with van der Waals surface area (Å²) in [6.45, 7) is 3.76. The van der Waals surface area contributed by atoms with Gasteiger partial charge in [-0.05, 0) is 37.3 Å². The molecular formula is C16H19BrN2O3. The molecule has 1 aromatic heterocycles. The molecule has 0 aliphatic carbocycles. The Hall–Kier alpha value is -1.79. The molecule has 1 amide bonds. The Labute approximate surface area is 138 Å². The Morgan fingerprint density at radius 1 is 1.36 bits per heavy atom. The van der Waals surface area contributed by atoms with Crippen molar-refractivity contribution in [3.8, 4) is 5.75 Å². The molecule has 0 aliphatic heterocycles. The molecule has 6 heteroatoms. The van der Waals surface area contributed by atoms with Crippen LogP contribution in [0.15, 0.2) is 45.5 Å². The summed E-state index contributed by atoms with van der Waals surface area (Å²) in [5.41, 5.74) is 6.00. The van der Waals surface area contributed by atoms with Crippen molar-refractivity contribution in [3.63, 3.8) is 0 Å². The maximum Gasteiger partial charge on any atom is 0.257 e. The summed E-state index contributed by atoms with van der Waals surface area (Å²) in [6.07, 6.45) is 1.45. The number of hydrogen-bond acceptors (Lipinski definition) is 4.